The average molecular weight is 290 g/mol. The molecule has 2 aromatic rings. The average Bonchev–Trinajstić information content (AvgIpc) is 2.87. The van der Waals surface area contributed by atoms with Crippen LogP contribution in [0.4, 0.5) is 5.69 Å². The summed E-state index contributed by atoms with van der Waals surface area (Å²) in [6, 6.07) is 6.38. The molecule has 102 valence electrons. The maximum atomic E-state index is 11.0. The van der Waals surface area contributed by atoms with Crippen LogP contribution in [0.3, 0.4) is 0 Å². The van der Waals surface area contributed by atoms with Gasteiger partial charge in [-0.1, -0.05) is 12.1 Å². The van der Waals surface area contributed by atoms with Crippen LogP contribution < -0.4 is 11.2 Å². The first kappa shape index (κ1) is 13.6. The van der Waals surface area contributed by atoms with Crippen molar-refractivity contribution in [3.05, 3.63) is 52.6 Å². The normalized spacial score (nSPS) is 10.6. The molecule has 0 atom stereocenters. The maximum Gasteiger partial charge on any atom is 0.293 e. The van der Waals surface area contributed by atoms with Gasteiger partial charge >= 0.3 is 0 Å². The lowest BCUT2D eigenvalue weighted by Crippen LogP contribution is -2.24. The summed E-state index contributed by atoms with van der Waals surface area (Å²) in [6.45, 7) is 0. The number of aromatic nitrogens is 2. The minimum atomic E-state index is -0.447. The number of hydrogen-bond acceptors (Lipinski definition) is 5. The molecule has 0 aliphatic rings. The van der Waals surface area contributed by atoms with Gasteiger partial charge in [-0.15, -0.1) is 0 Å². The third-order valence-electron chi connectivity index (χ3n) is 2.33. The molecule has 8 nitrogen and oxygen atoms in total. The van der Waals surface area contributed by atoms with E-state index in [1.54, 1.807) is 29.0 Å². The van der Waals surface area contributed by atoms with Gasteiger partial charge < -0.3 is 5.73 Å². The molecule has 0 radical (unpaired) electrons. The highest BCUT2D eigenvalue weighted by Gasteiger charge is 2.13. The maximum absolute atomic E-state index is 11.0. The lowest BCUT2D eigenvalue weighted by Gasteiger charge is -2.01. The summed E-state index contributed by atoms with van der Waals surface area (Å²) in [4.78, 5) is 14.6. The Balaban J connectivity index is 2.27. The van der Waals surface area contributed by atoms with Gasteiger partial charge in [-0.25, -0.2) is 4.98 Å². The minimum Gasteiger partial charge on any atom is -0.375 e. The standard InChI is InChI=1S/C11H10N6O2S/c12-11(20)15-14-5-8-6-16(7-13-8)9-3-1-2-4-10(9)17(18)19/h1-7H,(H3,12,15,20)/b14-5+. The van der Waals surface area contributed by atoms with Crippen molar-refractivity contribution in [3.63, 3.8) is 0 Å². The zero-order chi connectivity index (χ0) is 14.5. The number of nitrogens with zero attached hydrogens (tertiary/aromatic N) is 4. The van der Waals surface area contributed by atoms with Gasteiger partial charge in [0.1, 0.15) is 17.7 Å². The van der Waals surface area contributed by atoms with Gasteiger partial charge in [0, 0.05) is 12.3 Å². The van der Waals surface area contributed by atoms with Crippen LogP contribution in [0.1, 0.15) is 5.69 Å². The molecule has 0 aliphatic carbocycles. The first-order chi connectivity index (χ1) is 9.58. The van der Waals surface area contributed by atoms with E-state index in [1.165, 1.54) is 18.6 Å². The van der Waals surface area contributed by atoms with E-state index < -0.39 is 4.92 Å². The Hall–Kier alpha value is -2.81. The number of para-hydroxylation sites is 2. The number of nitrogens with two attached hydrogens (primary N) is 1. The molecule has 0 saturated heterocycles. The number of thiocarbonyl (C=S) groups is 1. The van der Waals surface area contributed by atoms with E-state index in [-0.39, 0.29) is 10.8 Å². The van der Waals surface area contributed by atoms with Crippen molar-refractivity contribution >= 4 is 29.2 Å². The Bertz CT molecular complexity index is 681. The molecule has 20 heavy (non-hydrogen) atoms. The van der Waals surface area contributed by atoms with Crippen molar-refractivity contribution in [3.8, 4) is 5.69 Å². The quantitative estimate of drug-likeness (QED) is 0.375. The molecule has 1 heterocycles. The fourth-order valence-electron chi connectivity index (χ4n) is 1.54. The van der Waals surface area contributed by atoms with Crippen LogP contribution in [0.2, 0.25) is 0 Å². The number of nitro benzene ring substituents is 1. The SMILES string of the molecule is NC(=S)N/N=C/c1cn(-c2ccccc2[N+](=O)[O-])cn1. The number of imidazole rings is 1. The molecule has 0 unspecified atom stereocenters. The molecule has 3 N–H and O–H groups in total. The fourth-order valence-corrected chi connectivity index (χ4v) is 1.59. The molecule has 0 bridgehead atoms. The highest BCUT2D eigenvalue weighted by molar-refractivity contribution is 7.80. The number of nitro groups is 1. The topological polar surface area (TPSA) is 111 Å². The highest BCUT2D eigenvalue weighted by Crippen LogP contribution is 2.21. The third kappa shape index (κ3) is 3.14. The minimum absolute atomic E-state index is 0.00495. The molecule has 1 aromatic carbocycles. The number of hydrogen-bond donors (Lipinski definition) is 2. The largest absolute Gasteiger partial charge is 0.375 e. The molecule has 0 amide bonds. The summed E-state index contributed by atoms with van der Waals surface area (Å²) < 4.78 is 1.54. The van der Waals surface area contributed by atoms with Crippen molar-refractivity contribution in [2.75, 3.05) is 0 Å². The lowest BCUT2D eigenvalue weighted by molar-refractivity contribution is -0.384. The van der Waals surface area contributed by atoms with Gasteiger partial charge in [-0.2, -0.15) is 5.10 Å². The van der Waals surface area contributed by atoms with Crippen molar-refractivity contribution < 1.29 is 4.92 Å². The van der Waals surface area contributed by atoms with E-state index in [1.807, 2.05) is 0 Å². The van der Waals surface area contributed by atoms with E-state index in [9.17, 15) is 10.1 Å². The predicted octanol–water partition coefficient (Wildman–Crippen LogP) is 0.948. The summed E-state index contributed by atoms with van der Waals surface area (Å²) in [5.41, 5.74) is 8.53. The first-order valence-corrected chi connectivity index (χ1v) is 5.85. The molecule has 0 aliphatic heterocycles. The Morgan fingerprint density at radius 1 is 1.55 bits per heavy atom. The van der Waals surface area contributed by atoms with Crippen molar-refractivity contribution in [2.45, 2.75) is 0 Å². The summed E-state index contributed by atoms with van der Waals surface area (Å²) in [5, 5.41) is 14.8. The zero-order valence-electron chi connectivity index (χ0n) is 10.1. The lowest BCUT2D eigenvalue weighted by atomic mass is 10.2. The van der Waals surface area contributed by atoms with Gasteiger partial charge in [0.2, 0.25) is 0 Å². The Morgan fingerprint density at radius 3 is 3.00 bits per heavy atom. The smallest absolute Gasteiger partial charge is 0.293 e. The Labute approximate surface area is 119 Å². The summed E-state index contributed by atoms with van der Waals surface area (Å²) in [7, 11) is 0. The fraction of sp³-hybridized carbons (Fsp3) is 0. The summed E-state index contributed by atoms with van der Waals surface area (Å²) >= 11 is 4.59. The Morgan fingerprint density at radius 2 is 2.30 bits per heavy atom. The van der Waals surface area contributed by atoms with Gasteiger partial charge in [-0.3, -0.25) is 20.1 Å². The van der Waals surface area contributed by atoms with E-state index in [2.05, 4.69) is 27.7 Å². The van der Waals surface area contributed by atoms with Crippen LogP contribution in [0.15, 0.2) is 41.9 Å². The van der Waals surface area contributed by atoms with Gasteiger partial charge in [0.05, 0.1) is 11.1 Å². The number of benzene rings is 1. The number of nitrogens with one attached hydrogen (secondary N) is 1. The van der Waals surface area contributed by atoms with E-state index >= 15 is 0 Å². The highest BCUT2D eigenvalue weighted by atomic mass is 32.1. The second kappa shape index (κ2) is 5.89. The second-order valence-corrected chi connectivity index (χ2v) is 4.13. The van der Waals surface area contributed by atoms with E-state index in [0.717, 1.165) is 0 Å². The summed E-state index contributed by atoms with van der Waals surface area (Å²) in [5.74, 6) is 0. The van der Waals surface area contributed by atoms with E-state index in [0.29, 0.717) is 11.4 Å². The van der Waals surface area contributed by atoms with Crippen LogP contribution in [0.5, 0.6) is 0 Å². The number of hydrazone groups is 1. The van der Waals surface area contributed by atoms with Crippen LogP contribution in [0.25, 0.3) is 5.69 Å². The van der Waals surface area contributed by atoms with Crippen LogP contribution in [-0.2, 0) is 0 Å². The molecule has 0 spiro atoms. The molecule has 1 aromatic heterocycles. The molecular formula is C11H10N6O2S. The third-order valence-corrected chi connectivity index (χ3v) is 2.42. The molecule has 0 fully saturated rings. The zero-order valence-corrected chi connectivity index (χ0v) is 10.9. The Kier molecular flexibility index (Phi) is 4.01. The molecule has 2 rings (SSSR count). The van der Waals surface area contributed by atoms with Crippen LogP contribution >= 0.6 is 12.2 Å². The molecule has 0 saturated carbocycles. The predicted molar refractivity (Wildman–Crippen MR) is 77.7 cm³/mol. The van der Waals surface area contributed by atoms with Crippen molar-refractivity contribution in [1.82, 2.24) is 15.0 Å². The number of rotatable bonds is 4. The molecular weight excluding hydrogens is 280 g/mol. The van der Waals surface area contributed by atoms with Crippen molar-refractivity contribution in [1.29, 1.82) is 0 Å². The van der Waals surface area contributed by atoms with Crippen molar-refractivity contribution in [2.24, 2.45) is 10.8 Å². The van der Waals surface area contributed by atoms with Gasteiger partial charge in [0.15, 0.2) is 5.11 Å². The monoisotopic (exact) mass is 290 g/mol. The summed E-state index contributed by atoms with van der Waals surface area (Å²) in [6.07, 6.45) is 4.47. The van der Waals surface area contributed by atoms with Crippen LogP contribution in [0, 0.1) is 10.1 Å². The first-order valence-electron chi connectivity index (χ1n) is 5.44. The van der Waals surface area contributed by atoms with Crippen LogP contribution in [-0.4, -0.2) is 25.8 Å². The van der Waals surface area contributed by atoms with Gasteiger partial charge in [0.25, 0.3) is 5.69 Å². The second-order valence-electron chi connectivity index (χ2n) is 3.69. The van der Waals surface area contributed by atoms with Gasteiger partial charge in [-0.05, 0) is 18.3 Å². The molecule has 9 heteroatoms. The van der Waals surface area contributed by atoms with E-state index in [4.69, 9.17) is 5.73 Å².